The molecule has 30 heavy (non-hydrogen) atoms. The molecule has 0 aliphatic rings. The summed E-state index contributed by atoms with van der Waals surface area (Å²) in [7, 11) is 1.81. The van der Waals surface area contributed by atoms with Crippen LogP contribution < -0.4 is 10.6 Å². The van der Waals surface area contributed by atoms with E-state index in [1.807, 2.05) is 57.3 Å². The summed E-state index contributed by atoms with van der Waals surface area (Å²) in [5.41, 5.74) is 3.03. The van der Waals surface area contributed by atoms with E-state index in [0.717, 1.165) is 11.3 Å². The summed E-state index contributed by atoms with van der Waals surface area (Å²) in [4.78, 5) is 30.6. The fourth-order valence-corrected chi connectivity index (χ4v) is 3.54. The number of rotatable bonds is 8. The lowest BCUT2D eigenvalue weighted by atomic mass is 10.1. The fraction of sp³-hybridized carbons (Fsp3) is 0.286. The van der Waals surface area contributed by atoms with E-state index in [0.29, 0.717) is 28.9 Å². The Labute approximate surface area is 179 Å². The molecule has 0 saturated carbocycles. The Morgan fingerprint density at radius 3 is 2.57 bits per heavy atom. The van der Waals surface area contributed by atoms with E-state index in [1.54, 1.807) is 11.0 Å². The van der Waals surface area contributed by atoms with Crippen molar-refractivity contribution in [3.05, 3.63) is 69.3 Å². The summed E-state index contributed by atoms with van der Waals surface area (Å²) in [6.07, 6.45) is 0. The van der Waals surface area contributed by atoms with E-state index < -0.39 is 0 Å². The van der Waals surface area contributed by atoms with Gasteiger partial charge in [-0.1, -0.05) is 47.2 Å². The summed E-state index contributed by atoms with van der Waals surface area (Å²) in [5.74, 6) is 0.0956. The van der Waals surface area contributed by atoms with Crippen molar-refractivity contribution in [1.82, 2.24) is 25.4 Å². The molecule has 0 aliphatic carbocycles. The number of pyridine rings is 1. The average molecular weight is 425 g/mol. The molecule has 156 valence electrons. The van der Waals surface area contributed by atoms with Gasteiger partial charge in [0, 0.05) is 12.2 Å². The highest BCUT2D eigenvalue weighted by atomic mass is 32.1. The fourth-order valence-electron chi connectivity index (χ4n) is 2.70. The second-order valence-corrected chi connectivity index (χ2v) is 8.12. The van der Waals surface area contributed by atoms with Crippen molar-refractivity contribution in [2.45, 2.75) is 26.9 Å². The van der Waals surface area contributed by atoms with Gasteiger partial charge in [0.15, 0.2) is 0 Å². The molecule has 2 heterocycles. The third kappa shape index (κ3) is 6.43. The van der Waals surface area contributed by atoms with Gasteiger partial charge >= 0.3 is 0 Å². The maximum atomic E-state index is 12.3. The lowest BCUT2D eigenvalue weighted by Crippen LogP contribution is -2.30. The first-order valence-electron chi connectivity index (χ1n) is 9.47. The molecule has 3 aromatic rings. The molecule has 8 nitrogen and oxygen atoms in total. The maximum absolute atomic E-state index is 12.3. The third-order valence-electron chi connectivity index (χ3n) is 4.21. The third-order valence-corrected chi connectivity index (χ3v) is 5.12. The molecular formula is C21H24N6O2S. The van der Waals surface area contributed by atoms with Crippen LogP contribution in [0.3, 0.4) is 0 Å². The lowest BCUT2D eigenvalue weighted by molar-refractivity contribution is -0.117. The van der Waals surface area contributed by atoms with Crippen molar-refractivity contribution in [2.24, 2.45) is 0 Å². The van der Waals surface area contributed by atoms with Crippen molar-refractivity contribution in [3.8, 4) is 0 Å². The summed E-state index contributed by atoms with van der Waals surface area (Å²) in [5, 5.41) is 14.6. The Morgan fingerprint density at radius 1 is 1.07 bits per heavy atom. The van der Waals surface area contributed by atoms with Crippen LogP contribution in [0.1, 0.15) is 31.6 Å². The highest BCUT2D eigenvalue weighted by molar-refractivity contribution is 7.13. The largest absolute Gasteiger partial charge is 0.346 e. The average Bonchev–Trinajstić information content (AvgIpc) is 3.15. The van der Waals surface area contributed by atoms with Crippen LogP contribution in [0.25, 0.3) is 0 Å². The topological polar surface area (TPSA) is 100 Å². The van der Waals surface area contributed by atoms with E-state index in [2.05, 4.69) is 25.8 Å². The first-order valence-corrected chi connectivity index (χ1v) is 10.3. The second kappa shape index (κ2) is 10.0. The van der Waals surface area contributed by atoms with Crippen molar-refractivity contribution in [3.63, 3.8) is 0 Å². The molecule has 3 rings (SSSR count). The van der Waals surface area contributed by atoms with Crippen LogP contribution in [-0.2, 0) is 17.9 Å². The van der Waals surface area contributed by atoms with Gasteiger partial charge in [0.1, 0.15) is 10.8 Å². The molecule has 0 saturated heterocycles. The Bertz CT molecular complexity index is 1020. The van der Waals surface area contributed by atoms with Gasteiger partial charge in [0.05, 0.1) is 13.1 Å². The predicted octanol–water partition coefficient (Wildman–Crippen LogP) is 2.55. The van der Waals surface area contributed by atoms with Gasteiger partial charge in [-0.25, -0.2) is 4.98 Å². The first kappa shape index (κ1) is 21.5. The molecular weight excluding hydrogens is 400 g/mol. The van der Waals surface area contributed by atoms with E-state index in [9.17, 15) is 9.59 Å². The van der Waals surface area contributed by atoms with Gasteiger partial charge in [-0.3, -0.25) is 14.5 Å². The van der Waals surface area contributed by atoms with Crippen molar-refractivity contribution >= 4 is 29.0 Å². The summed E-state index contributed by atoms with van der Waals surface area (Å²) >= 11 is 1.22. The van der Waals surface area contributed by atoms with Crippen LogP contribution in [0.5, 0.6) is 0 Å². The number of nitrogens with zero attached hydrogens (tertiary/aromatic N) is 4. The SMILES string of the molecule is Cc1ccc(CNC(=O)c2nnc(CN(C)CC(=O)Nc3cccc(C)n3)s2)cc1. The van der Waals surface area contributed by atoms with E-state index >= 15 is 0 Å². The molecule has 1 aromatic carbocycles. The first-order chi connectivity index (χ1) is 14.4. The minimum absolute atomic E-state index is 0.170. The quantitative estimate of drug-likeness (QED) is 0.576. The molecule has 2 N–H and O–H groups in total. The van der Waals surface area contributed by atoms with Crippen LogP contribution in [-0.4, -0.2) is 45.5 Å². The molecule has 2 amide bonds. The van der Waals surface area contributed by atoms with Crippen LogP contribution in [0, 0.1) is 13.8 Å². The minimum Gasteiger partial charge on any atom is -0.346 e. The van der Waals surface area contributed by atoms with Gasteiger partial charge in [-0.2, -0.15) is 0 Å². The summed E-state index contributed by atoms with van der Waals surface area (Å²) < 4.78 is 0. The number of aromatic nitrogens is 3. The second-order valence-electron chi connectivity index (χ2n) is 7.05. The van der Waals surface area contributed by atoms with Crippen LogP contribution in [0.4, 0.5) is 5.82 Å². The number of carbonyl (C=O) groups is 2. The zero-order chi connectivity index (χ0) is 21.5. The molecule has 0 bridgehead atoms. The highest BCUT2D eigenvalue weighted by Crippen LogP contribution is 2.12. The minimum atomic E-state index is -0.259. The molecule has 2 aromatic heterocycles. The molecule has 0 atom stereocenters. The Kier molecular flexibility index (Phi) is 7.21. The lowest BCUT2D eigenvalue weighted by Gasteiger charge is -2.14. The van der Waals surface area contributed by atoms with Crippen molar-refractivity contribution in [1.29, 1.82) is 0 Å². The summed E-state index contributed by atoms with van der Waals surface area (Å²) in [6, 6.07) is 13.4. The number of likely N-dealkylation sites (N-methyl/N-ethyl adjacent to an activating group) is 1. The number of hydrogen-bond acceptors (Lipinski definition) is 7. The standard InChI is InChI=1S/C21H24N6O2S/c1-14-7-9-16(10-8-14)11-22-20(29)21-26-25-19(30-21)13-27(3)12-18(28)24-17-6-4-5-15(2)23-17/h4-10H,11-13H2,1-3H3,(H,22,29)(H,23,24,28). The maximum Gasteiger partial charge on any atom is 0.282 e. The van der Waals surface area contributed by atoms with Crippen LogP contribution >= 0.6 is 11.3 Å². The molecule has 0 radical (unpaired) electrons. The number of hydrogen-bond donors (Lipinski definition) is 2. The van der Waals surface area contributed by atoms with Gasteiger partial charge in [-0.15, -0.1) is 10.2 Å². The van der Waals surface area contributed by atoms with E-state index in [4.69, 9.17) is 0 Å². The van der Waals surface area contributed by atoms with Gasteiger partial charge in [-0.05, 0) is 38.6 Å². The normalized spacial score (nSPS) is 10.8. The number of anilines is 1. The molecule has 0 spiro atoms. The van der Waals surface area contributed by atoms with Gasteiger partial charge in [0.2, 0.25) is 10.9 Å². The molecule has 0 aliphatic heterocycles. The predicted molar refractivity (Wildman–Crippen MR) is 116 cm³/mol. The number of carbonyl (C=O) groups excluding carboxylic acids is 2. The van der Waals surface area contributed by atoms with Gasteiger partial charge in [0.25, 0.3) is 5.91 Å². The number of nitrogens with one attached hydrogen (secondary N) is 2. The van der Waals surface area contributed by atoms with E-state index in [-0.39, 0.29) is 18.4 Å². The Balaban J connectivity index is 1.47. The van der Waals surface area contributed by atoms with Crippen molar-refractivity contribution < 1.29 is 9.59 Å². The molecule has 9 heteroatoms. The number of aryl methyl sites for hydroxylation is 2. The smallest absolute Gasteiger partial charge is 0.282 e. The Morgan fingerprint density at radius 2 is 1.83 bits per heavy atom. The Hall–Kier alpha value is -3.17. The van der Waals surface area contributed by atoms with Crippen molar-refractivity contribution in [2.75, 3.05) is 18.9 Å². The summed E-state index contributed by atoms with van der Waals surface area (Å²) in [6.45, 7) is 4.90. The number of amides is 2. The highest BCUT2D eigenvalue weighted by Gasteiger charge is 2.15. The zero-order valence-corrected chi connectivity index (χ0v) is 18.0. The molecule has 0 fully saturated rings. The number of benzene rings is 1. The monoisotopic (exact) mass is 424 g/mol. The molecule has 0 unspecified atom stereocenters. The van der Waals surface area contributed by atoms with E-state index in [1.165, 1.54) is 16.9 Å². The zero-order valence-electron chi connectivity index (χ0n) is 17.2. The van der Waals surface area contributed by atoms with Gasteiger partial charge < -0.3 is 10.6 Å². The van der Waals surface area contributed by atoms with Crippen LogP contribution in [0.2, 0.25) is 0 Å². The van der Waals surface area contributed by atoms with Crippen LogP contribution in [0.15, 0.2) is 42.5 Å².